The molecule has 0 aromatic carbocycles. The minimum absolute atomic E-state index is 0.0762. The van der Waals surface area contributed by atoms with Crippen molar-refractivity contribution in [1.29, 1.82) is 0 Å². The number of hydrogen-bond donors (Lipinski definition) is 0. The number of esters is 1. The second kappa shape index (κ2) is 21.7. The van der Waals surface area contributed by atoms with Crippen molar-refractivity contribution in [2.24, 2.45) is 0 Å². The van der Waals surface area contributed by atoms with Gasteiger partial charge in [0.2, 0.25) is 0 Å². The maximum atomic E-state index is 11.5. The summed E-state index contributed by atoms with van der Waals surface area (Å²) in [6.45, 7) is 4.61. The van der Waals surface area contributed by atoms with Gasteiger partial charge in [-0.3, -0.25) is 4.79 Å². The van der Waals surface area contributed by atoms with Crippen LogP contribution in [0.3, 0.4) is 0 Å². The van der Waals surface area contributed by atoms with Crippen molar-refractivity contribution >= 4 is 5.97 Å². The first-order valence-corrected chi connectivity index (χ1v) is 10.9. The molecule has 2 nitrogen and oxygen atoms in total. The topological polar surface area (TPSA) is 26.3 Å². The Kier molecular flexibility index (Phi) is 20.6. The Morgan fingerprint density at radius 2 is 1.31 bits per heavy atom. The SMILES string of the molecule is C/C=C/C=C/COC(=O)CCCCCCC/C=C\CCCCCCCC. The number of carbonyl (C=O) groups is 1. The Bertz CT molecular complexity index is 380. The Morgan fingerprint density at radius 1 is 0.731 bits per heavy atom. The molecule has 0 radical (unpaired) electrons. The van der Waals surface area contributed by atoms with Crippen LogP contribution in [0.5, 0.6) is 0 Å². The molecule has 26 heavy (non-hydrogen) atoms. The van der Waals surface area contributed by atoms with Gasteiger partial charge < -0.3 is 4.74 Å². The van der Waals surface area contributed by atoms with E-state index in [1.165, 1.54) is 70.6 Å². The number of hydrogen-bond acceptors (Lipinski definition) is 2. The molecule has 150 valence electrons. The normalized spacial score (nSPS) is 11.9. The Labute approximate surface area is 162 Å². The van der Waals surface area contributed by atoms with Crippen LogP contribution in [0.4, 0.5) is 0 Å². The third-order valence-electron chi connectivity index (χ3n) is 4.42. The predicted molar refractivity (Wildman–Crippen MR) is 114 cm³/mol. The van der Waals surface area contributed by atoms with Crippen molar-refractivity contribution in [3.05, 3.63) is 36.5 Å². The van der Waals surface area contributed by atoms with Gasteiger partial charge in [0.1, 0.15) is 6.61 Å². The molecule has 0 aliphatic rings. The number of ether oxygens (including phenoxy) is 1. The summed E-state index contributed by atoms with van der Waals surface area (Å²) in [6, 6.07) is 0. The molecule has 0 saturated heterocycles. The molecule has 0 spiro atoms. The van der Waals surface area contributed by atoms with Gasteiger partial charge in [-0.1, -0.05) is 88.7 Å². The molecular weight excluding hydrogens is 320 g/mol. The van der Waals surface area contributed by atoms with Gasteiger partial charge in [-0.2, -0.15) is 0 Å². The molecule has 0 saturated carbocycles. The van der Waals surface area contributed by atoms with Crippen LogP contribution in [0.2, 0.25) is 0 Å². The largest absolute Gasteiger partial charge is 0.461 e. The molecule has 0 atom stereocenters. The minimum atomic E-state index is -0.0762. The lowest BCUT2D eigenvalue weighted by Crippen LogP contribution is -2.03. The van der Waals surface area contributed by atoms with Crippen LogP contribution in [-0.2, 0) is 9.53 Å². The summed E-state index contributed by atoms with van der Waals surface area (Å²) in [4.78, 5) is 11.5. The molecule has 0 aliphatic heterocycles. The molecule has 0 rings (SSSR count). The number of carbonyl (C=O) groups excluding carboxylic acids is 1. The van der Waals surface area contributed by atoms with Gasteiger partial charge in [0.25, 0.3) is 0 Å². The summed E-state index contributed by atoms with van der Waals surface area (Å²) in [5.74, 6) is -0.0762. The standard InChI is InChI=1S/C24H42O2/c1-3-5-7-9-10-11-12-13-14-15-16-17-18-19-20-22-24(25)26-23-21-8-6-4-2/h4,6,8,13-14,21H,3,5,7,9-12,15-20,22-23H2,1-2H3/b6-4+,14-13-,21-8+. The zero-order valence-electron chi connectivity index (χ0n) is 17.4. The zero-order valence-corrected chi connectivity index (χ0v) is 17.4. The van der Waals surface area contributed by atoms with Crippen LogP contribution in [-0.4, -0.2) is 12.6 Å². The van der Waals surface area contributed by atoms with Gasteiger partial charge in [0, 0.05) is 6.42 Å². The summed E-state index contributed by atoms with van der Waals surface area (Å²) in [5, 5.41) is 0. The average Bonchev–Trinajstić information content (AvgIpc) is 2.64. The second-order valence-electron chi connectivity index (χ2n) is 6.97. The molecule has 0 unspecified atom stereocenters. The fourth-order valence-corrected chi connectivity index (χ4v) is 2.80. The van der Waals surface area contributed by atoms with E-state index in [9.17, 15) is 4.79 Å². The smallest absolute Gasteiger partial charge is 0.306 e. The van der Waals surface area contributed by atoms with E-state index in [4.69, 9.17) is 4.74 Å². The van der Waals surface area contributed by atoms with E-state index in [2.05, 4.69) is 19.1 Å². The molecule has 0 amide bonds. The first kappa shape index (κ1) is 24.7. The molecule has 0 aromatic rings. The zero-order chi connectivity index (χ0) is 19.1. The van der Waals surface area contributed by atoms with Crippen molar-refractivity contribution in [3.63, 3.8) is 0 Å². The highest BCUT2D eigenvalue weighted by Gasteiger charge is 2.00. The van der Waals surface area contributed by atoms with Crippen molar-refractivity contribution in [1.82, 2.24) is 0 Å². The third-order valence-corrected chi connectivity index (χ3v) is 4.42. The average molecular weight is 363 g/mol. The predicted octanol–water partition coefficient (Wildman–Crippen LogP) is 7.70. The molecule has 0 N–H and O–H groups in total. The van der Waals surface area contributed by atoms with Crippen LogP contribution in [0.25, 0.3) is 0 Å². The molecule has 0 heterocycles. The number of unbranched alkanes of at least 4 members (excludes halogenated alkanes) is 11. The maximum Gasteiger partial charge on any atom is 0.306 e. The maximum absolute atomic E-state index is 11.5. The monoisotopic (exact) mass is 362 g/mol. The van der Waals surface area contributed by atoms with Gasteiger partial charge in [-0.15, -0.1) is 0 Å². The molecule has 0 fully saturated rings. The van der Waals surface area contributed by atoms with Crippen molar-refractivity contribution in [2.45, 2.75) is 104 Å². The number of rotatable bonds is 18. The summed E-state index contributed by atoms with van der Waals surface area (Å²) in [5.41, 5.74) is 0. The lowest BCUT2D eigenvalue weighted by molar-refractivity contribution is -0.142. The van der Waals surface area contributed by atoms with E-state index in [1.807, 2.05) is 31.2 Å². The van der Waals surface area contributed by atoms with Crippen LogP contribution in [0, 0.1) is 0 Å². The van der Waals surface area contributed by atoms with E-state index in [1.54, 1.807) is 0 Å². The van der Waals surface area contributed by atoms with E-state index >= 15 is 0 Å². The minimum Gasteiger partial charge on any atom is -0.461 e. The van der Waals surface area contributed by atoms with Crippen molar-refractivity contribution in [3.8, 4) is 0 Å². The highest BCUT2D eigenvalue weighted by atomic mass is 16.5. The van der Waals surface area contributed by atoms with Crippen LogP contribution in [0.1, 0.15) is 104 Å². The van der Waals surface area contributed by atoms with E-state index in [-0.39, 0.29) is 5.97 Å². The van der Waals surface area contributed by atoms with Gasteiger partial charge in [0.05, 0.1) is 0 Å². The van der Waals surface area contributed by atoms with E-state index < -0.39 is 0 Å². The van der Waals surface area contributed by atoms with E-state index in [0.29, 0.717) is 13.0 Å². The highest BCUT2D eigenvalue weighted by Crippen LogP contribution is 2.10. The van der Waals surface area contributed by atoms with Gasteiger partial charge in [-0.05, 0) is 45.1 Å². The Morgan fingerprint density at radius 3 is 1.92 bits per heavy atom. The second-order valence-corrected chi connectivity index (χ2v) is 6.97. The first-order valence-electron chi connectivity index (χ1n) is 10.9. The fourth-order valence-electron chi connectivity index (χ4n) is 2.80. The summed E-state index contributed by atoms with van der Waals surface area (Å²) < 4.78 is 5.14. The first-order chi connectivity index (χ1) is 12.8. The Hall–Kier alpha value is -1.31. The third kappa shape index (κ3) is 20.7. The summed E-state index contributed by atoms with van der Waals surface area (Å²) in [7, 11) is 0. The van der Waals surface area contributed by atoms with Crippen LogP contribution < -0.4 is 0 Å². The van der Waals surface area contributed by atoms with Crippen LogP contribution >= 0.6 is 0 Å². The molecule has 0 aromatic heterocycles. The highest BCUT2D eigenvalue weighted by molar-refractivity contribution is 5.69. The molecule has 0 bridgehead atoms. The molecular formula is C24H42O2. The van der Waals surface area contributed by atoms with Gasteiger partial charge >= 0.3 is 5.97 Å². The molecule has 0 aliphatic carbocycles. The lowest BCUT2D eigenvalue weighted by Gasteiger charge is -2.02. The molecule has 2 heteroatoms. The fraction of sp³-hybridized carbons (Fsp3) is 0.708. The quantitative estimate of drug-likeness (QED) is 0.108. The summed E-state index contributed by atoms with van der Waals surface area (Å²) >= 11 is 0. The lowest BCUT2D eigenvalue weighted by atomic mass is 10.1. The Balaban J connectivity index is 3.25. The number of allylic oxidation sites excluding steroid dienone is 5. The van der Waals surface area contributed by atoms with Crippen molar-refractivity contribution in [2.75, 3.05) is 6.61 Å². The van der Waals surface area contributed by atoms with Crippen LogP contribution in [0.15, 0.2) is 36.5 Å². The van der Waals surface area contributed by atoms with Gasteiger partial charge in [-0.25, -0.2) is 0 Å². The van der Waals surface area contributed by atoms with Gasteiger partial charge in [0.15, 0.2) is 0 Å². The van der Waals surface area contributed by atoms with Crippen molar-refractivity contribution < 1.29 is 9.53 Å². The van der Waals surface area contributed by atoms with E-state index in [0.717, 1.165) is 12.8 Å². The summed E-state index contributed by atoms with van der Waals surface area (Å²) in [6.07, 6.45) is 29.5.